The predicted molar refractivity (Wildman–Crippen MR) is 84.2 cm³/mol. The zero-order valence-electron chi connectivity index (χ0n) is 13.4. The first kappa shape index (κ1) is 15.8. The molecule has 3 amide bonds. The van der Waals surface area contributed by atoms with Crippen molar-refractivity contribution in [1.82, 2.24) is 15.1 Å². The van der Waals surface area contributed by atoms with Gasteiger partial charge in [0.05, 0.1) is 18.7 Å². The van der Waals surface area contributed by atoms with Gasteiger partial charge in [0.2, 0.25) is 5.91 Å². The summed E-state index contributed by atoms with van der Waals surface area (Å²) >= 11 is 0. The Morgan fingerprint density at radius 3 is 2.83 bits per heavy atom. The third-order valence-electron chi connectivity index (χ3n) is 5.29. The molecule has 0 saturated carbocycles. The van der Waals surface area contributed by atoms with Crippen molar-refractivity contribution in [2.24, 2.45) is 5.73 Å². The summed E-state index contributed by atoms with van der Waals surface area (Å²) in [5.41, 5.74) is 7.95. The molecule has 0 spiro atoms. The average molecular weight is 317 g/mol. The highest BCUT2D eigenvalue weighted by molar-refractivity contribution is 5.79. The normalized spacial score (nSPS) is 29.8. The number of hydrogen-bond donors (Lipinski definition) is 2. The molecular formula is C16H23N5O2. The SMILES string of the molecule is CC1C2=C(CC(NCC(=O)N3CCC[C@H]3C#N)C2)CN1C(N)=O. The van der Waals surface area contributed by atoms with E-state index in [1.807, 2.05) is 6.92 Å². The van der Waals surface area contributed by atoms with Crippen LogP contribution in [-0.4, -0.2) is 59.5 Å². The summed E-state index contributed by atoms with van der Waals surface area (Å²) in [7, 11) is 0. The fourth-order valence-electron chi connectivity index (χ4n) is 4.02. The van der Waals surface area contributed by atoms with Crippen molar-refractivity contribution >= 4 is 11.9 Å². The van der Waals surface area contributed by atoms with E-state index in [4.69, 9.17) is 11.0 Å². The van der Waals surface area contributed by atoms with Gasteiger partial charge >= 0.3 is 6.03 Å². The third kappa shape index (κ3) is 2.91. The van der Waals surface area contributed by atoms with Gasteiger partial charge < -0.3 is 20.9 Å². The van der Waals surface area contributed by atoms with Gasteiger partial charge in [-0.15, -0.1) is 0 Å². The maximum Gasteiger partial charge on any atom is 0.315 e. The molecule has 7 heteroatoms. The summed E-state index contributed by atoms with van der Waals surface area (Å²) in [6, 6.07) is 1.86. The van der Waals surface area contributed by atoms with Crippen molar-refractivity contribution < 1.29 is 9.59 Å². The molecule has 23 heavy (non-hydrogen) atoms. The van der Waals surface area contributed by atoms with Gasteiger partial charge in [-0.3, -0.25) is 4.79 Å². The molecule has 0 bridgehead atoms. The second-order valence-electron chi connectivity index (χ2n) is 6.63. The predicted octanol–water partition coefficient (Wildman–Crippen LogP) is 0.332. The lowest BCUT2D eigenvalue weighted by molar-refractivity contribution is -0.130. The molecule has 3 atom stereocenters. The largest absolute Gasteiger partial charge is 0.351 e. The number of nitrogens with one attached hydrogen (secondary N) is 1. The fourth-order valence-corrected chi connectivity index (χ4v) is 4.02. The molecule has 2 unspecified atom stereocenters. The number of nitriles is 1. The van der Waals surface area contributed by atoms with Crippen LogP contribution in [-0.2, 0) is 4.79 Å². The first-order valence-electron chi connectivity index (χ1n) is 8.20. The molecule has 3 rings (SSSR count). The molecule has 1 aliphatic carbocycles. The Labute approximate surface area is 136 Å². The van der Waals surface area contributed by atoms with Crippen LogP contribution in [0.25, 0.3) is 0 Å². The van der Waals surface area contributed by atoms with E-state index in [0.29, 0.717) is 13.1 Å². The van der Waals surface area contributed by atoms with Gasteiger partial charge in [-0.2, -0.15) is 5.26 Å². The van der Waals surface area contributed by atoms with Crippen LogP contribution < -0.4 is 11.1 Å². The molecule has 0 aromatic carbocycles. The van der Waals surface area contributed by atoms with Crippen molar-refractivity contribution in [1.29, 1.82) is 5.26 Å². The van der Waals surface area contributed by atoms with Gasteiger partial charge in [-0.1, -0.05) is 0 Å². The first-order valence-corrected chi connectivity index (χ1v) is 8.20. The molecular weight excluding hydrogens is 294 g/mol. The lowest BCUT2D eigenvalue weighted by atomic mass is 10.1. The molecule has 124 valence electrons. The second-order valence-corrected chi connectivity index (χ2v) is 6.63. The number of primary amides is 1. The lowest BCUT2D eigenvalue weighted by Crippen LogP contribution is -2.44. The summed E-state index contributed by atoms with van der Waals surface area (Å²) < 4.78 is 0. The molecule has 0 radical (unpaired) electrons. The van der Waals surface area contributed by atoms with E-state index in [-0.39, 0.29) is 36.6 Å². The Kier molecular flexibility index (Phi) is 4.26. The summed E-state index contributed by atoms with van der Waals surface area (Å²) in [5.74, 6) is 0.00733. The Bertz CT molecular complexity index is 594. The molecule has 7 nitrogen and oxygen atoms in total. The maximum atomic E-state index is 12.3. The summed E-state index contributed by atoms with van der Waals surface area (Å²) in [6.45, 7) is 3.57. The minimum Gasteiger partial charge on any atom is -0.351 e. The Morgan fingerprint density at radius 1 is 1.39 bits per heavy atom. The molecule has 3 aliphatic rings. The van der Waals surface area contributed by atoms with E-state index >= 15 is 0 Å². The first-order chi connectivity index (χ1) is 11.0. The van der Waals surface area contributed by atoms with Gasteiger partial charge in [0.15, 0.2) is 0 Å². The van der Waals surface area contributed by atoms with E-state index in [0.717, 1.165) is 25.7 Å². The van der Waals surface area contributed by atoms with Crippen LogP contribution in [0.1, 0.15) is 32.6 Å². The molecule has 2 heterocycles. The number of carbonyl (C=O) groups excluding carboxylic acids is 2. The van der Waals surface area contributed by atoms with E-state index < -0.39 is 0 Å². The zero-order valence-corrected chi connectivity index (χ0v) is 13.4. The molecule has 1 fully saturated rings. The van der Waals surface area contributed by atoms with Crippen LogP contribution in [0.2, 0.25) is 0 Å². The standard InChI is InChI=1S/C16H23N5O2/c1-10-14-6-12(5-11(14)9-21(10)16(18)23)19-8-15(22)20-4-2-3-13(20)7-17/h10,12-13,19H,2-6,8-9H2,1H3,(H2,18,23)/t10?,12?,13-/m0/s1. The Morgan fingerprint density at radius 2 is 2.17 bits per heavy atom. The summed E-state index contributed by atoms with van der Waals surface area (Å²) in [4.78, 5) is 27.0. The Balaban J connectivity index is 1.49. The number of hydrogen-bond acceptors (Lipinski definition) is 4. The van der Waals surface area contributed by atoms with Crippen LogP contribution in [0, 0.1) is 11.3 Å². The average Bonchev–Trinajstić information content (AvgIpc) is 3.20. The number of carbonyl (C=O) groups is 2. The van der Waals surface area contributed by atoms with Crippen LogP contribution >= 0.6 is 0 Å². The van der Waals surface area contributed by atoms with E-state index in [1.54, 1.807) is 9.80 Å². The zero-order chi connectivity index (χ0) is 16.6. The van der Waals surface area contributed by atoms with Crippen LogP contribution in [0.3, 0.4) is 0 Å². The smallest absolute Gasteiger partial charge is 0.315 e. The Hall–Kier alpha value is -2.07. The van der Waals surface area contributed by atoms with Crippen molar-refractivity contribution in [2.45, 2.75) is 50.7 Å². The van der Waals surface area contributed by atoms with Crippen molar-refractivity contribution in [3.05, 3.63) is 11.1 Å². The number of rotatable bonds is 3. The minimum atomic E-state index is -0.372. The molecule has 2 aliphatic heterocycles. The summed E-state index contributed by atoms with van der Waals surface area (Å²) in [6.07, 6.45) is 3.40. The van der Waals surface area contributed by atoms with E-state index in [1.165, 1.54) is 11.1 Å². The van der Waals surface area contributed by atoms with E-state index in [9.17, 15) is 9.59 Å². The molecule has 0 aromatic rings. The quantitative estimate of drug-likeness (QED) is 0.732. The van der Waals surface area contributed by atoms with E-state index in [2.05, 4.69) is 11.4 Å². The highest BCUT2D eigenvalue weighted by Gasteiger charge is 2.38. The van der Waals surface area contributed by atoms with Crippen LogP contribution in [0.5, 0.6) is 0 Å². The maximum absolute atomic E-state index is 12.3. The topological polar surface area (TPSA) is 102 Å². The van der Waals surface area contributed by atoms with Gasteiger partial charge in [0, 0.05) is 19.1 Å². The summed E-state index contributed by atoms with van der Waals surface area (Å²) in [5, 5.41) is 12.4. The van der Waals surface area contributed by atoms with Gasteiger partial charge in [0.1, 0.15) is 6.04 Å². The van der Waals surface area contributed by atoms with Gasteiger partial charge in [0.25, 0.3) is 0 Å². The minimum absolute atomic E-state index is 0.00733. The van der Waals surface area contributed by atoms with Crippen molar-refractivity contribution in [3.8, 4) is 6.07 Å². The molecule has 0 aromatic heterocycles. The van der Waals surface area contributed by atoms with Crippen molar-refractivity contribution in [2.75, 3.05) is 19.6 Å². The second kappa shape index (κ2) is 6.20. The highest BCUT2D eigenvalue weighted by atomic mass is 16.2. The van der Waals surface area contributed by atoms with Gasteiger partial charge in [-0.25, -0.2) is 4.79 Å². The molecule has 1 saturated heterocycles. The number of nitrogens with zero attached hydrogens (tertiary/aromatic N) is 3. The van der Waals surface area contributed by atoms with Crippen LogP contribution in [0.15, 0.2) is 11.1 Å². The molecule has 3 N–H and O–H groups in total. The monoisotopic (exact) mass is 317 g/mol. The third-order valence-corrected chi connectivity index (χ3v) is 5.29. The van der Waals surface area contributed by atoms with Gasteiger partial charge in [-0.05, 0) is 43.8 Å². The van der Waals surface area contributed by atoms with Crippen LogP contribution in [0.4, 0.5) is 4.79 Å². The number of amides is 3. The number of likely N-dealkylation sites (tertiary alicyclic amines) is 2. The number of urea groups is 1. The highest BCUT2D eigenvalue weighted by Crippen LogP contribution is 2.36. The fraction of sp³-hybridized carbons (Fsp3) is 0.688. The lowest BCUT2D eigenvalue weighted by Gasteiger charge is -2.25. The number of nitrogens with two attached hydrogens (primary N) is 1. The van der Waals surface area contributed by atoms with Crippen molar-refractivity contribution in [3.63, 3.8) is 0 Å².